The van der Waals surface area contributed by atoms with Gasteiger partial charge in [0.2, 0.25) is 0 Å². The first-order valence-corrected chi connectivity index (χ1v) is 11.6. The summed E-state index contributed by atoms with van der Waals surface area (Å²) in [7, 11) is 0. The van der Waals surface area contributed by atoms with Gasteiger partial charge in [-0.25, -0.2) is 4.79 Å². The standard InChI is InChI=1S/C24H26ClNO7/c1-12(2)22-16-7-17(24(28)29)23(27)26(13-3-4-13)21(16)15-8-18(25)20(9-19(15)33-22)32-11-14-10-30-5-6-31-14/h7-9,12-14,22H,3-6,10-11H2,1-2H3,(H,28,29). The van der Waals surface area contributed by atoms with Crippen LogP contribution in [0.1, 0.15) is 54.8 Å². The number of carboxylic acid groups (broad SMARTS) is 1. The average molecular weight is 476 g/mol. The second-order valence-electron chi connectivity index (χ2n) is 9.01. The number of rotatable bonds is 6. The molecule has 33 heavy (non-hydrogen) atoms. The zero-order chi connectivity index (χ0) is 23.3. The molecule has 1 saturated heterocycles. The third-order valence-electron chi connectivity index (χ3n) is 6.17. The number of carbonyl (C=O) groups is 1. The van der Waals surface area contributed by atoms with Crippen LogP contribution in [0.25, 0.3) is 11.3 Å². The topological polar surface area (TPSA) is 96.2 Å². The number of halogens is 1. The maximum Gasteiger partial charge on any atom is 0.341 e. The van der Waals surface area contributed by atoms with Gasteiger partial charge in [-0.3, -0.25) is 4.79 Å². The van der Waals surface area contributed by atoms with Crippen molar-refractivity contribution >= 4 is 17.6 Å². The van der Waals surface area contributed by atoms with Crippen LogP contribution >= 0.6 is 11.6 Å². The lowest BCUT2D eigenvalue weighted by Gasteiger charge is -2.33. The highest BCUT2D eigenvalue weighted by molar-refractivity contribution is 6.32. The number of aromatic carboxylic acids is 1. The van der Waals surface area contributed by atoms with Gasteiger partial charge in [0, 0.05) is 23.2 Å². The Kier molecular flexibility index (Phi) is 5.84. The van der Waals surface area contributed by atoms with E-state index in [1.54, 1.807) is 16.7 Å². The summed E-state index contributed by atoms with van der Waals surface area (Å²) in [5, 5.41) is 10.0. The molecular weight excluding hydrogens is 450 g/mol. The number of carboxylic acids is 1. The highest BCUT2D eigenvalue weighted by Gasteiger charge is 2.38. The minimum Gasteiger partial charge on any atom is -0.489 e. The van der Waals surface area contributed by atoms with E-state index in [1.807, 2.05) is 13.8 Å². The molecule has 176 valence electrons. The molecule has 1 saturated carbocycles. The van der Waals surface area contributed by atoms with E-state index in [0.29, 0.717) is 53.2 Å². The Labute approximate surface area is 196 Å². The Hall–Kier alpha value is -2.55. The lowest BCUT2D eigenvalue weighted by Crippen LogP contribution is -2.33. The summed E-state index contributed by atoms with van der Waals surface area (Å²) in [6, 6.07) is 4.92. The van der Waals surface area contributed by atoms with Gasteiger partial charge in [-0.1, -0.05) is 25.4 Å². The van der Waals surface area contributed by atoms with E-state index in [4.69, 9.17) is 30.5 Å². The summed E-state index contributed by atoms with van der Waals surface area (Å²) in [6.45, 7) is 5.85. The second-order valence-corrected chi connectivity index (χ2v) is 9.42. The quantitative estimate of drug-likeness (QED) is 0.672. The minimum absolute atomic E-state index is 0.0255. The fourth-order valence-corrected chi connectivity index (χ4v) is 4.65. The lowest BCUT2D eigenvalue weighted by atomic mass is 9.90. The monoisotopic (exact) mass is 475 g/mol. The number of pyridine rings is 1. The molecule has 3 heterocycles. The van der Waals surface area contributed by atoms with Gasteiger partial charge >= 0.3 is 5.97 Å². The van der Waals surface area contributed by atoms with Crippen molar-refractivity contribution in [2.24, 2.45) is 5.92 Å². The van der Waals surface area contributed by atoms with Crippen LogP contribution in [0.2, 0.25) is 5.02 Å². The van der Waals surface area contributed by atoms with Crippen molar-refractivity contribution in [2.75, 3.05) is 26.4 Å². The summed E-state index contributed by atoms with van der Waals surface area (Å²) in [6.07, 6.45) is 1.07. The van der Waals surface area contributed by atoms with E-state index < -0.39 is 17.6 Å². The molecule has 0 radical (unpaired) electrons. The largest absolute Gasteiger partial charge is 0.489 e. The van der Waals surface area contributed by atoms with Crippen molar-refractivity contribution in [1.82, 2.24) is 4.57 Å². The molecule has 1 aromatic carbocycles. The molecule has 0 bridgehead atoms. The zero-order valence-electron chi connectivity index (χ0n) is 18.5. The highest BCUT2D eigenvalue weighted by Crippen LogP contribution is 2.50. The molecule has 2 fully saturated rings. The number of benzene rings is 1. The summed E-state index contributed by atoms with van der Waals surface area (Å²) >= 11 is 6.58. The Morgan fingerprint density at radius 3 is 2.70 bits per heavy atom. The van der Waals surface area contributed by atoms with Gasteiger partial charge in [-0.05, 0) is 30.9 Å². The van der Waals surface area contributed by atoms with Gasteiger partial charge in [0.15, 0.2) is 0 Å². The molecule has 9 heteroatoms. The number of fused-ring (bicyclic) bond motifs is 3. The molecule has 2 aromatic rings. The fraction of sp³-hybridized carbons (Fsp3) is 0.500. The van der Waals surface area contributed by atoms with Crippen LogP contribution in [0.4, 0.5) is 0 Å². The third kappa shape index (κ3) is 4.11. The maximum atomic E-state index is 13.1. The van der Waals surface area contributed by atoms with Gasteiger partial charge in [0.25, 0.3) is 5.56 Å². The molecule has 2 aliphatic heterocycles. The molecule has 2 atom stereocenters. The maximum absolute atomic E-state index is 13.1. The van der Waals surface area contributed by atoms with Crippen LogP contribution in [0, 0.1) is 5.92 Å². The molecule has 0 amide bonds. The van der Waals surface area contributed by atoms with Gasteiger partial charge < -0.3 is 28.6 Å². The Bertz CT molecular complexity index is 1150. The van der Waals surface area contributed by atoms with Crippen molar-refractivity contribution in [3.05, 3.63) is 44.7 Å². The van der Waals surface area contributed by atoms with E-state index in [2.05, 4.69) is 0 Å². The van der Waals surface area contributed by atoms with Crippen LogP contribution < -0.4 is 15.0 Å². The predicted octanol–water partition coefficient (Wildman–Crippen LogP) is 4.09. The third-order valence-corrected chi connectivity index (χ3v) is 6.47. The Balaban J connectivity index is 1.60. The van der Waals surface area contributed by atoms with E-state index in [-0.39, 0.29) is 30.2 Å². The zero-order valence-corrected chi connectivity index (χ0v) is 19.3. The number of hydrogen-bond acceptors (Lipinski definition) is 6. The van der Waals surface area contributed by atoms with Crippen molar-refractivity contribution in [3.8, 4) is 22.8 Å². The SMILES string of the molecule is CC(C)C1Oc2cc(OCC3COCCO3)c(Cl)cc2-c2c1cc(C(=O)O)c(=O)n2C1CC1. The van der Waals surface area contributed by atoms with Crippen LogP contribution in [0.5, 0.6) is 11.5 Å². The van der Waals surface area contributed by atoms with Gasteiger partial charge in [0.1, 0.15) is 35.9 Å². The van der Waals surface area contributed by atoms with Crippen LogP contribution in [-0.2, 0) is 9.47 Å². The Morgan fingerprint density at radius 2 is 2.06 bits per heavy atom. The molecule has 3 aliphatic rings. The highest BCUT2D eigenvalue weighted by atomic mass is 35.5. The molecule has 8 nitrogen and oxygen atoms in total. The summed E-state index contributed by atoms with van der Waals surface area (Å²) < 4.78 is 24.9. The first-order chi connectivity index (χ1) is 15.8. The van der Waals surface area contributed by atoms with Crippen LogP contribution in [0.3, 0.4) is 0 Å². The number of ether oxygens (including phenoxy) is 4. The van der Waals surface area contributed by atoms with Crippen molar-refractivity contribution < 1.29 is 28.8 Å². The van der Waals surface area contributed by atoms with Crippen LogP contribution in [0.15, 0.2) is 23.0 Å². The second kappa shape index (κ2) is 8.66. The van der Waals surface area contributed by atoms with E-state index in [0.717, 1.165) is 12.8 Å². The van der Waals surface area contributed by atoms with Crippen LogP contribution in [-0.4, -0.2) is 48.2 Å². The Morgan fingerprint density at radius 1 is 1.27 bits per heavy atom. The smallest absolute Gasteiger partial charge is 0.341 e. The lowest BCUT2D eigenvalue weighted by molar-refractivity contribution is -0.101. The first kappa shape index (κ1) is 22.3. The summed E-state index contributed by atoms with van der Waals surface area (Å²) in [5.74, 6) is -0.186. The van der Waals surface area contributed by atoms with Gasteiger partial charge in [-0.15, -0.1) is 0 Å². The summed E-state index contributed by atoms with van der Waals surface area (Å²) in [5.41, 5.74) is 1.31. The van der Waals surface area contributed by atoms with E-state index in [9.17, 15) is 14.7 Å². The number of hydrogen-bond donors (Lipinski definition) is 1. The number of nitrogens with zero attached hydrogens (tertiary/aromatic N) is 1. The van der Waals surface area contributed by atoms with Crippen molar-refractivity contribution in [2.45, 2.75) is 44.9 Å². The normalized spacial score (nSPS) is 21.8. The van der Waals surface area contributed by atoms with Gasteiger partial charge in [-0.2, -0.15) is 0 Å². The van der Waals surface area contributed by atoms with Crippen molar-refractivity contribution in [3.63, 3.8) is 0 Å². The molecule has 5 rings (SSSR count). The minimum atomic E-state index is -1.24. The van der Waals surface area contributed by atoms with E-state index >= 15 is 0 Å². The molecule has 0 spiro atoms. The molecule has 1 aliphatic carbocycles. The average Bonchev–Trinajstić information content (AvgIpc) is 3.62. The molecule has 1 N–H and O–H groups in total. The van der Waals surface area contributed by atoms with Crippen molar-refractivity contribution in [1.29, 1.82) is 0 Å². The van der Waals surface area contributed by atoms with E-state index in [1.165, 1.54) is 6.07 Å². The molecule has 1 aromatic heterocycles. The fourth-order valence-electron chi connectivity index (χ4n) is 4.43. The number of aromatic nitrogens is 1. The van der Waals surface area contributed by atoms with Gasteiger partial charge in [0.05, 0.1) is 30.5 Å². The molecule has 2 unspecified atom stereocenters. The summed E-state index contributed by atoms with van der Waals surface area (Å²) in [4.78, 5) is 25.0. The predicted molar refractivity (Wildman–Crippen MR) is 121 cm³/mol. The molecular formula is C24H26ClNO7. The first-order valence-electron chi connectivity index (χ1n) is 11.2.